The summed E-state index contributed by atoms with van der Waals surface area (Å²) >= 11 is 1.08. The van der Waals surface area contributed by atoms with E-state index < -0.39 is 0 Å². The largest absolute Gasteiger partial charge is 0.506 e. The van der Waals surface area contributed by atoms with Gasteiger partial charge in [-0.15, -0.1) is 0 Å². The van der Waals surface area contributed by atoms with Crippen molar-refractivity contribution in [1.82, 2.24) is 10.3 Å². The molecule has 0 atom stereocenters. The number of carbonyl (C=O) groups is 1. The lowest BCUT2D eigenvalue weighted by molar-refractivity contribution is -0.121. The minimum Gasteiger partial charge on any atom is -0.506 e. The predicted molar refractivity (Wildman–Crippen MR) is 123 cm³/mol. The number of benzene rings is 2. The Morgan fingerprint density at radius 2 is 1.90 bits per heavy atom. The monoisotopic (exact) mass is 440 g/mol. The summed E-state index contributed by atoms with van der Waals surface area (Å²) in [6.07, 6.45) is 6.23. The summed E-state index contributed by atoms with van der Waals surface area (Å²) < 4.78 is 6.76. The smallest absolute Gasteiger partial charge is 0.305 e. The third-order valence-corrected chi connectivity index (χ3v) is 6.73. The van der Waals surface area contributed by atoms with Crippen LogP contribution in [0.15, 0.2) is 41.2 Å². The van der Waals surface area contributed by atoms with E-state index >= 15 is 0 Å². The molecule has 0 saturated carbocycles. The molecule has 1 aliphatic carbocycles. The molecule has 2 aromatic carbocycles. The number of ether oxygens (including phenoxy) is 1. The van der Waals surface area contributed by atoms with Crippen LogP contribution in [0, 0.1) is 0 Å². The van der Waals surface area contributed by atoms with E-state index in [1.807, 2.05) is 0 Å². The van der Waals surface area contributed by atoms with Gasteiger partial charge in [-0.3, -0.25) is 9.59 Å². The third kappa shape index (κ3) is 5.54. The predicted octanol–water partition coefficient (Wildman–Crippen LogP) is 3.70. The Balaban J connectivity index is 1.08. The highest BCUT2D eigenvalue weighted by molar-refractivity contribution is 7.16. The van der Waals surface area contributed by atoms with E-state index in [0.717, 1.165) is 60.3 Å². The average molecular weight is 441 g/mol. The molecule has 4 rings (SSSR count). The van der Waals surface area contributed by atoms with Gasteiger partial charge >= 0.3 is 4.87 Å². The van der Waals surface area contributed by atoms with Gasteiger partial charge in [0.15, 0.2) is 0 Å². The molecule has 0 unspecified atom stereocenters. The lowest BCUT2D eigenvalue weighted by atomic mass is 10.1. The topological polar surface area (TPSA) is 91.4 Å². The van der Waals surface area contributed by atoms with Gasteiger partial charge in [-0.25, -0.2) is 0 Å². The standard InChI is InChI=1S/C24H28N2O4S/c27-20-10-9-16(23-22(20)26-24(29)31-23)11-12-25-21(28)8-2-1-5-13-30-19-14-17-6-3-4-7-18(17)15-19/h3-4,6-7,9-10,19,27H,1-2,5,8,11-15H2,(H,25,28)(H,26,29). The summed E-state index contributed by atoms with van der Waals surface area (Å²) in [6, 6.07) is 11.9. The van der Waals surface area contributed by atoms with Crippen LogP contribution in [-0.2, 0) is 28.8 Å². The van der Waals surface area contributed by atoms with Gasteiger partial charge in [0.25, 0.3) is 0 Å². The minimum atomic E-state index is -0.191. The molecule has 0 aliphatic heterocycles. The molecule has 1 heterocycles. The molecule has 164 valence electrons. The van der Waals surface area contributed by atoms with Crippen LogP contribution in [0.5, 0.6) is 5.75 Å². The van der Waals surface area contributed by atoms with Gasteiger partial charge in [0, 0.05) is 19.6 Å². The van der Waals surface area contributed by atoms with Crippen molar-refractivity contribution < 1.29 is 14.6 Å². The number of amides is 1. The Morgan fingerprint density at radius 1 is 1.13 bits per heavy atom. The minimum absolute atomic E-state index is 0.0458. The van der Waals surface area contributed by atoms with Gasteiger partial charge < -0.3 is 20.1 Å². The van der Waals surface area contributed by atoms with Crippen molar-refractivity contribution in [3.63, 3.8) is 0 Å². The summed E-state index contributed by atoms with van der Waals surface area (Å²) in [4.78, 5) is 26.1. The molecule has 31 heavy (non-hydrogen) atoms. The Bertz CT molecular complexity index is 1080. The fourth-order valence-corrected chi connectivity index (χ4v) is 5.04. The van der Waals surface area contributed by atoms with E-state index in [1.165, 1.54) is 11.1 Å². The van der Waals surface area contributed by atoms with Crippen molar-refractivity contribution in [2.45, 2.75) is 51.0 Å². The van der Waals surface area contributed by atoms with Crippen LogP contribution in [0.2, 0.25) is 0 Å². The fourth-order valence-electron chi connectivity index (χ4n) is 4.15. The number of unbranched alkanes of at least 4 members (excludes halogenated alkanes) is 2. The number of rotatable bonds is 10. The maximum absolute atomic E-state index is 12.1. The van der Waals surface area contributed by atoms with Crippen molar-refractivity contribution in [3.05, 3.63) is 62.8 Å². The molecule has 0 radical (unpaired) electrons. The summed E-state index contributed by atoms with van der Waals surface area (Å²) in [5.74, 6) is 0.118. The normalized spacial score (nSPS) is 13.5. The molecule has 1 amide bonds. The summed E-state index contributed by atoms with van der Waals surface area (Å²) in [5.41, 5.74) is 4.23. The van der Waals surface area contributed by atoms with E-state index in [0.29, 0.717) is 31.0 Å². The Morgan fingerprint density at radius 3 is 2.68 bits per heavy atom. The zero-order valence-corrected chi connectivity index (χ0v) is 18.3. The first-order valence-electron chi connectivity index (χ1n) is 10.9. The number of aromatic amines is 1. The van der Waals surface area contributed by atoms with Crippen molar-refractivity contribution in [3.8, 4) is 5.75 Å². The number of nitrogens with one attached hydrogen (secondary N) is 2. The first-order chi connectivity index (χ1) is 15.1. The number of hydrogen-bond donors (Lipinski definition) is 3. The first kappa shape index (κ1) is 21.6. The number of phenols is 1. The highest BCUT2D eigenvalue weighted by Crippen LogP contribution is 2.28. The second-order valence-electron chi connectivity index (χ2n) is 8.04. The molecule has 1 aliphatic rings. The Labute approximate surface area is 185 Å². The third-order valence-electron chi connectivity index (χ3n) is 5.77. The quantitative estimate of drug-likeness (QED) is 0.419. The van der Waals surface area contributed by atoms with Crippen LogP contribution in [0.25, 0.3) is 10.2 Å². The Kier molecular flexibility index (Phi) is 7.04. The van der Waals surface area contributed by atoms with Gasteiger partial charge in [-0.1, -0.05) is 48.1 Å². The highest BCUT2D eigenvalue weighted by Gasteiger charge is 2.20. The molecule has 0 spiro atoms. The molecular weight excluding hydrogens is 412 g/mol. The van der Waals surface area contributed by atoms with E-state index in [4.69, 9.17) is 4.74 Å². The van der Waals surface area contributed by atoms with Crippen LogP contribution in [0.4, 0.5) is 0 Å². The number of aromatic hydroxyl groups is 1. The molecular formula is C24H28N2O4S. The van der Waals surface area contributed by atoms with E-state index in [2.05, 4.69) is 34.6 Å². The van der Waals surface area contributed by atoms with Gasteiger partial charge in [0.2, 0.25) is 5.91 Å². The van der Waals surface area contributed by atoms with Crippen molar-refractivity contribution in [2.24, 2.45) is 0 Å². The van der Waals surface area contributed by atoms with Crippen molar-refractivity contribution in [2.75, 3.05) is 13.2 Å². The summed E-state index contributed by atoms with van der Waals surface area (Å²) in [7, 11) is 0. The number of hydrogen-bond acceptors (Lipinski definition) is 5. The van der Waals surface area contributed by atoms with Gasteiger partial charge in [0.05, 0.1) is 10.8 Å². The number of phenolic OH excluding ortho intramolecular Hbond substituents is 1. The van der Waals surface area contributed by atoms with E-state index in [9.17, 15) is 14.7 Å². The zero-order chi connectivity index (χ0) is 21.6. The fraction of sp³-hybridized carbons (Fsp3) is 0.417. The lowest BCUT2D eigenvalue weighted by Crippen LogP contribution is -2.25. The van der Waals surface area contributed by atoms with Crippen LogP contribution in [-0.4, -0.2) is 35.3 Å². The molecule has 6 nitrogen and oxygen atoms in total. The Hall–Kier alpha value is -2.64. The molecule has 3 aromatic rings. The number of fused-ring (bicyclic) bond motifs is 2. The van der Waals surface area contributed by atoms with Crippen LogP contribution in [0.1, 0.15) is 42.4 Å². The molecule has 0 fully saturated rings. The number of carbonyl (C=O) groups excluding carboxylic acids is 1. The maximum Gasteiger partial charge on any atom is 0.305 e. The van der Waals surface area contributed by atoms with Crippen LogP contribution >= 0.6 is 11.3 Å². The second-order valence-corrected chi connectivity index (χ2v) is 9.03. The molecule has 3 N–H and O–H groups in total. The van der Waals surface area contributed by atoms with Crippen molar-refractivity contribution >= 4 is 27.5 Å². The average Bonchev–Trinajstić information content (AvgIpc) is 3.35. The number of aromatic nitrogens is 1. The maximum atomic E-state index is 12.1. The molecule has 7 heteroatoms. The van der Waals surface area contributed by atoms with Crippen molar-refractivity contribution in [1.29, 1.82) is 0 Å². The number of thiazole rings is 1. The van der Waals surface area contributed by atoms with Crippen LogP contribution < -0.4 is 10.2 Å². The number of H-pyrrole nitrogens is 1. The van der Waals surface area contributed by atoms with E-state index in [-0.39, 0.29) is 16.5 Å². The van der Waals surface area contributed by atoms with Gasteiger partial charge in [-0.05, 0) is 54.9 Å². The summed E-state index contributed by atoms with van der Waals surface area (Å²) in [6.45, 7) is 1.26. The molecule has 0 bridgehead atoms. The SMILES string of the molecule is O=C(CCCCCOC1Cc2ccccc2C1)NCCc1ccc(O)c2[nH]c(=O)sc12. The lowest BCUT2D eigenvalue weighted by Gasteiger charge is -2.11. The van der Waals surface area contributed by atoms with Crippen LogP contribution in [0.3, 0.4) is 0 Å². The summed E-state index contributed by atoms with van der Waals surface area (Å²) in [5, 5.41) is 12.8. The second kappa shape index (κ2) is 10.1. The van der Waals surface area contributed by atoms with E-state index in [1.54, 1.807) is 12.1 Å². The zero-order valence-electron chi connectivity index (χ0n) is 17.5. The molecule has 1 aromatic heterocycles. The van der Waals surface area contributed by atoms with Gasteiger partial charge in [0.1, 0.15) is 11.3 Å². The first-order valence-corrected chi connectivity index (χ1v) is 11.7. The molecule has 0 saturated heterocycles. The van der Waals surface area contributed by atoms with Gasteiger partial charge in [-0.2, -0.15) is 0 Å². The highest BCUT2D eigenvalue weighted by atomic mass is 32.1.